The van der Waals surface area contributed by atoms with Crippen molar-refractivity contribution in [1.29, 1.82) is 0 Å². The fourth-order valence-corrected chi connectivity index (χ4v) is 1.60. The molecule has 5 heteroatoms. The molecule has 0 saturated heterocycles. The molecule has 5 nitrogen and oxygen atoms in total. The van der Waals surface area contributed by atoms with Crippen molar-refractivity contribution in [2.75, 3.05) is 5.32 Å². The van der Waals surface area contributed by atoms with Gasteiger partial charge in [0.05, 0.1) is 11.1 Å². The van der Waals surface area contributed by atoms with E-state index in [1.165, 1.54) is 13.0 Å². The van der Waals surface area contributed by atoms with E-state index < -0.39 is 5.97 Å². The summed E-state index contributed by atoms with van der Waals surface area (Å²) in [5.41, 5.74) is 0.663. The molecule has 1 amide bonds. The van der Waals surface area contributed by atoms with Crippen molar-refractivity contribution in [2.45, 2.75) is 6.92 Å². The SMILES string of the molecule is CC(=O)Nc1cc(C(=O)O)c2ccccc2n1. The lowest BCUT2D eigenvalue weighted by molar-refractivity contribution is -0.114. The number of carboxylic acids is 1. The Balaban J connectivity index is 2.67. The van der Waals surface area contributed by atoms with Crippen molar-refractivity contribution >= 4 is 28.6 Å². The zero-order chi connectivity index (χ0) is 12.4. The highest BCUT2D eigenvalue weighted by molar-refractivity contribution is 6.04. The Bertz CT molecular complexity index is 608. The van der Waals surface area contributed by atoms with Crippen LogP contribution in [0.3, 0.4) is 0 Å². The van der Waals surface area contributed by atoms with Crippen LogP contribution in [0, 0.1) is 0 Å². The van der Waals surface area contributed by atoms with Crippen molar-refractivity contribution in [3.8, 4) is 0 Å². The van der Waals surface area contributed by atoms with Crippen LogP contribution in [0.15, 0.2) is 30.3 Å². The minimum absolute atomic E-state index is 0.124. The molecule has 1 aromatic carbocycles. The average molecular weight is 230 g/mol. The number of fused-ring (bicyclic) bond motifs is 1. The van der Waals surface area contributed by atoms with Crippen LogP contribution >= 0.6 is 0 Å². The smallest absolute Gasteiger partial charge is 0.336 e. The molecule has 2 aromatic rings. The number of carbonyl (C=O) groups is 2. The Morgan fingerprint density at radius 2 is 2.00 bits per heavy atom. The van der Waals surface area contributed by atoms with Crippen LogP contribution in [0.5, 0.6) is 0 Å². The van der Waals surface area contributed by atoms with E-state index >= 15 is 0 Å². The number of para-hydroxylation sites is 1. The molecule has 0 saturated carbocycles. The lowest BCUT2D eigenvalue weighted by atomic mass is 10.1. The molecule has 17 heavy (non-hydrogen) atoms. The Kier molecular flexibility index (Phi) is 2.74. The Hall–Kier alpha value is -2.43. The standard InChI is InChI=1S/C12H10N2O3/c1-7(15)13-11-6-9(12(16)17)8-4-2-3-5-10(8)14-11/h2-6H,1H3,(H,16,17)(H,13,14,15). The second kappa shape index (κ2) is 4.21. The van der Waals surface area contributed by atoms with Gasteiger partial charge in [-0.1, -0.05) is 18.2 Å². The molecule has 1 aromatic heterocycles. The molecule has 0 aliphatic carbocycles. The van der Waals surface area contributed by atoms with Gasteiger partial charge >= 0.3 is 5.97 Å². The Labute approximate surface area is 97.1 Å². The number of carbonyl (C=O) groups excluding carboxylic acids is 1. The van der Waals surface area contributed by atoms with Crippen molar-refractivity contribution < 1.29 is 14.7 Å². The number of benzene rings is 1. The molecule has 0 atom stereocenters. The molecule has 0 aliphatic heterocycles. The van der Waals surface area contributed by atoms with Gasteiger partial charge in [-0.15, -0.1) is 0 Å². The van der Waals surface area contributed by atoms with Gasteiger partial charge in [-0.05, 0) is 12.1 Å². The third kappa shape index (κ3) is 2.23. The van der Waals surface area contributed by atoms with Crippen LogP contribution in [-0.4, -0.2) is 22.0 Å². The number of nitrogens with one attached hydrogen (secondary N) is 1. The van der Waals surface area contributed by atoms with E-state index in [1.807, 2.05) is 0 Å². The number of carboxylic acid groups (broad SMARTS) is 1. The van der Waals surface area contributed by atoms with Crippen LogP contribution in [0.2, 0.25) is 0 Å². The number of anilines is 1. The molecular formula is C12H10N2O3. The highest BCUT2D eigenvalue weighted by atomic mass is 16.4. The summed E-state index contributed by atoms with van der Waals surface area (Å²) in [5.74, 6) is -1.09. The van der Waals surface area contributed by atoms with E-state index in [0.29, 0.717) is 10.9 Å². The zero-order valence-corrected chi connectivity index (χ0v) is 9.10. The summed E-state index contributed by atoms with van der Waals surface area (Å²) in [6.07, 6.45) is 0. The maximum atomic E-state index is 11.1. The molecule has 86 valence electrons. The van der Waals surface area contributed by atoms with Gasteiger partial charge in [0.2, 0.25) is 5.91 Å². The molecule has 2 N–H and O–H groups in total. The summed E-state index contributed by atoms with van der Waals surface area (Å²) in [6.45, 7) is 1.34. The first-order chi connectivity index (χ1) is 8.08. The molecule has 0 bridgehead atoms. The lowest BCUT2D eigenvalue weighted by Gasteiger charge is -2.06. The number of hydrogen-bond acceptors (Lipinski definition) is 3. The number of pyridine rings is 1. The number of rotatable bonds is 2. The predicted octanol–water partition coefficient (Wildman–Crippen LogP) is 1.89. The summed E-state index contributed by atoms with van der Waals surface area (Å²) in [6, 6.07) is 8.25. The topological polar surface area (TPSA) is 79.3 Å². The average Bonchev–Trinajstić information content (AvgIpc) is 2.27. The van der Waals surface area contributed by atoms with Crippen molar-refractivity contribution in [3.63, 3.8) is 0 Å². The molecule has 0 fully saturated rings. The van der Waals surface area contributed by atoms with Crippen molar-refractivity contribution in [3.05, 3.63) is 35.9 Å². The van der Waals surface area contributed by atoms with Gasteiger partial charge in [-0.3, -0.25) is 4.79 Å². The minimum Gasteiger partial charge on any atom is -0.478 e. The van der Waals surface area contributed by atoms with E-state index in [2.05, 4.69) is 10.3 Å². The molecule has 0 aliphatic rings. The fraction of sp³-hybridized carbons (Fsp3) is 0.0833. The molecule has 0 spiro atoms. The largest absolute Gasteiger partial charge is 0.478 e. The fourth-order valence-electron chi connectivity index (χ4n) is 1.60. The highest BCUT2D eigenvalue weighted by Crippen LogP contribution is 2.20. The van der Waals surface area contributed by atoms with Crippen molar-refractivity contribution in [2.24, 2.45) is 0 Å². The van der Waals surface area contributed by atoms with Gasteiger partial charge in [0.25, 0.3) is 0 Å². The minimum atomic E-state index is -1.05. The number of nitrogens with zero attached hydrogens (tertiary/aromatic N) is 1. The quantitative estimate of drug-likeness (QED) is 0.825. The monoisotopic (exact) mass is 230 g/mol. The van der Waals surface area contributed by atoms with Gasteiger partial charge in [0, 0.05) is 12.3 Å². The highest BCUT2D eigenvalue weighted by Gasteiger charge is 2.11. The van der Waals surface area contributed by atoms with Gasteiger partial charge in [-0.25, -0.2) is 9.78 Å². The first kappa shape index (κ1) is 11.1. The van der Waals surface area contributed by atoms with Crippen molar-refractivity contribution in [1.82, 2.24) is 4.98 Å². The maximum absolute atomic E-state index is 11.1. The second-order valence-electron chi connectivity index (χ2n) is 3.56. The third-order valence-corrected chi connectivity index (χ3v) is 2.25. The number of hydrogen-bond donors (Lipinski definition) is 2. The summed E-state index contributed by atoms with van der Waals surface area (Å²) < 4.78 is 0. The van der Waals surface area contributed by atoms with E-state index in [-0.39, 0.29) is 17.3 Å². The summed E-state index contributed by atoms with van der Waals surface area (Å²) >= 11 is 0. The van der Waals surface area contributed by atoms with Gasteiger partial charge in [-0.2, -0.15) is 0 Å². The van der Waals surface area contributed by atoms with Gasteiger partial charge < -0.3 is 10.4 Å². The van der Waals surface area contributed by atoms with Crippen LogP contribution in [0.1, 0.15) is 17.3 Å². The summed E-state index contributed by atoms with van der Waals surface area (Å²) in [5, 5.41) is 12.1. The molecule has 1 heterocycles. The second-order valence-corrected chi connectivity index (χ2v) is 3.56. The predicted molar refractivity (Wildman–Crippen MR) is 63.0 cm³/mol. The molecular weight excluding hydrogens is 220 g/mol. The number of aromatic carboxylic acids is 1. The van der Waals surface area contributed by atoms with Crippen LogP contribution in [0.4, 0.5) is 5.82 Å². The van der Waals surface area contributed by atoms with Crippen LogP contribution < -0.4 is 5.32 Å². The Morgan fingerprint density at radius 1 is 1.29 bits per heavy atom. The van der Waals surface area contributed by atoms with Gasteiger partial charge in [0.15, 0.2) is 0 Å². The first-order valence-electron chi connectivity index (χ1n) is 4.98. The summed E-state index contributed by atoms with van der Waals surface area (Å²) in [4.78, 5) is 26.2. The number of aromatic nitrogens is 1. The summed E-state index contributed by atoms with van der Waals surface area (Å²) in [7, 11) is 0. The normalized spacial score (nSPS) is 10.2. The molecule has 0 unspecified atom stereocenters. The maximum Gasteiger partial charge on any atom is 0.336 e. The molecule has 2 rings (SSSR count). The Morgan fingerprint density at radius 3 is 2.65 bits per heavy atom. The van der Waals surface area contributed by atoms with E-state index in [1.54, 1.807) is 24.3 Å². The number of amides is 1. The van der Waals surface area contributed by atoms with Crippen LogP contribution in [0.25, 0.3) is 10.9 Å². The first-order valence-corrected chi connectivity index (χ1v) is 4.98. The van der Waals surface area contributed by atoms with E-state index in [4.69, 9.17) is 5.11 Å². The lowest BCUT2D eigenvalue weighted by Crippen LogP contribution is -2.09. The zero-order valence-electron chi connectivity index (χ0n) is 9.10. The third-order valence-electron chi connectivity index (χ3n) is 2.25. The van der Waals surface area contributed by atoms with E-state index in [9.17, 15) is 9.59 Å². The van der Waals surface area contributed by atoms with Crippen LogP contribution in [-0.2, 0) is 4.79 Å². The van der Waals surface area contributed by atoms with E-state index in [0.717, 1.165) is 0 Å². The molecule has 0 radical (unpaired) electrons. The van der Waals surface area contributed by atoms with Gasteiger partial charge in [0.1, 0.15) is 5.82 Å².